The summed E-state index contributed by atoms with van der Waals surface area (Å²) in [6.07, 6.45) is 0. The van der Waals surface area contributed by atoms with Gasteiger partial charge >= 0.3 is 5.97 Å². The predicted octanol–water partition coefficient (Wildman–Crippen LogP) is 2.38. The van der Waals surface area contributed by atoms with Gasteiger partial charge in [0.05, 0.1) is 22.7 Å². The lowest BCUT2D eigenvalue weighted by Gasteiger charge is -2.07. The molecule has 0 aliphatic heterocycles. The molecule has 3 nitrogen and oxygen atoms in total. The van der Waals surface area contributed by atoms with Crippen LogP contribution in [-0.2, 0) is 4.74 Å². The summed E-state index contributed by atoms with van der Waals surface area (Å²) in [5.41, 5.74) is -0.288. The third-order valence-corrected chi connectivity index (χ3v) is 2.15. The van der Waals surface area contributed by atoms with Gasteiger partial charge in [-0.05, 0) is 28.1 Å². The van der Waals surface area contributed by atoms with Crippen molar-refractivity contribution in [2.75, 3.05) is 14.1 Å². The van der Waals surface area contributed by atoms with Crippen LogP contribution in [0.2, 0.25) is 0 Å². The number of methoxy groups -OCH3 is 2. The van der Waals surface area contributed by atoms with Crippen molar-refractivity contribution < 1.29 is 22.8 Å². The zero-order chi connectivity index (χ0) is 13.2. The zero-order valence-corrected chi connectivity index (χ0v) is 8.72. The summed E-state index contributed by atoms with van der Waals surface area (Å²) in [6, 6.07) is 1.91. The molecule has 0 aliphatic rings. The van der Waals surface area contributed by atoms with E-state index in [4.69, 9.17) is 4.11 Å². The summed E-state index contributed by atoms with van der Waals surface area (Å²) in [4.78, 5) is 11.3. The van der Waals surface area contributed by atoms with Crippen molar-refractivity contribution in [3.05, 3.63) is 28.0 Å². The fourth-order valence-electron chi connectivity index (χ4n) is 0.883. The Morgan fingerprint density at radius 3 is 2.93 bits per heavy atom. The fourth-order valence-corrected chi connectivity index (χ4v) is 1.20. The van der Waals surface area contributed by atoms with Crippen LogP contribution in [-0.4, -0.2) is 20.1 Å². The van der Waals surface area contributed by atoms with Gasteiger partial charge in [0.25, 0.3) is 0 Å². The number of halogens is 2. The first-order valence-electron chi connectivity index (χ1n) is 5.01. The van der Waals surface area contributed by atoms with Crippen LogP contribution >= 0.6 is 15.9 Å². The zero-order valence-electron chi connectivity index (χ0n) is 10.1. The highest BCUT2D eigenvalue weighted by Gasteiger charge is 2.15. The average Bonchev–Trinajstić information content (AvgIpc) is 2.20. The van der Waals surface area contributed by atoms with E-state index < -0.39 is 18.8 Å². The highest BCUT2D eigenvalue weighted by Crippen LogP contribution is 2.26. The molecular formula is C9H8BrFO3. The molecule has 5 heteroatoms. The van der Waals surface area contributed by atoms with Crippen molar-refractivity contribution >= 4 is 21.9 Å². The van der Waals surface area contributed by atoms with Crippen molar-refractivity contribution in [1.29, 1.82) is 0 Å². The molecule has 0 aromatic heterocycles. The van der Waals surface area contributed by atoms with Crippen molar-refractivity contribution in [3.8, 4) is 5.75 Å². The number of hydrogen-bond donors (Lipinski definition) is 0. The molecule has 0 aliphatic carbocycles. The van der Waals surface area contributed by atoms with E-state index in [1.165, 1.54) is 0 Å². The first-order chi connectivity index (χ1) is 7.74. The number of ether oxygens (including phenoxy) is 2. The molecule has 1 aromatic rings. The standard InChI is InChI=1S/C9H8BrFO3/c1-13-8-4-6(10)7(11)3-5(8)9(12)14-2/h3-4H,1-2H3/i1D3. The number of esters is 1. The van der Waals surface area contributed by atoms with Gasteiger partial charge in [0, 0.05) is 0 Å². The summed E-state index contributed by atoms with van der Waals surface area (Å²) in [7, 11) is -1.64. The molecule has 0 unspecified atom stereocenters. The second-order valence-corrected chi connectivity index (χ2v) is 3.21. The van der Waals surface area contributed by atoms with Crippen LogP contribution in [0.3, 0.4) is 0 Å². The van der Waals surface area contributed by atoms with Crippen LogP contribution in [0.25, 0.3) is 0 Å². The van der Waals surface area contributed by atoms with Gasteiger partial charge in [-0.2, -0.15) is 0 Å². The van der Waals surface area contributed by atoms with Crippen LogP contribution in [0.5, 0.6) is 5.75 Å². The lowest BCUT2D eigenvalue weighted by molar-refractivity contribution is 0.0596. The quantitative estimate of drug-likeness (QED) is 0.771. The van der Waals surface area contributed by atoms with E-state index in [0.717, 1.165) is 19.2 Å². The Balaban J connectivity index is 3.26. The van der Waals surface area contributed by atoms with Crippen LogP contribution < -0.4 is 4.74 Å². The highest BCUT2D eigenvalue weighted by molar-refractivity contribution is 9.10. The summed E-state index contributed by atoms with van der Waals surface area (Å²) in [5, 5.41) is 0. The summed E-state index contributed by atoms with van der Waals surface area (Å²) in [5.74, 6) is -1.87. The lowest BCUT2D eigenvalue weighted by atomic mass is 10.2. The molecule has 0 radical (unpaired) electrons. The first-order valence-corrected chi connectivity index (χ1v) is 4.30. The molecule has 0 saturated carbocycles. The summed E-state index contributed by atoms with van der Waals surface area (Å²) in [6.45, 7) is 0. The molecule has 0 N–H and O–H groups in total. The molecule has 0 bridgehead atoms. The topological polar surface area (TPSA) is 35.5 Å². The second kappa shape index (κ2) is 4.41. The largest absolute Gasteiger partial charge is 0.496 e. The lowest BCUT2D eigenvalue weighted by Crippen LogP contribution is -2.04. The SMILES string of the molecule is [2H]C([2H])([2H])Oc1cc(Br)c(F)cc1C(=O)OC. The van der Waals surface area contributed by atoms with Crippen LogP contribution in [0.1, 0.15) is 14.5 Å². The van der Waals surface area contributed by atoms with Gasteiger partial charge in [0.2, 0.25) is 0 Å². The first kappa shape index (κ1) is 7.23. The molecule has 0 saturated heterocycles. The average molecular weight is 266 g/mol. The predicted molar refractivity (Wildman–Crippen MR) is 52.0 cm³/mol. The number of carbonyl (C=O) groups excluding carboxylic acids is 1. The minimum atomic E-state index is -2.74. The summed E-state index contributed by atoms with van der Waals surface area (Å²) < 4.78 is 43.0. The number of carbonyl (C=O) groups is 1. The maximum absolute atomic E-state index is 13.2. The van der Waals surface area contributed by atoms with E-state index in [2.05, 4.69) is 25.4 Å². The van der Waals surface area contributed by atoms with E-state index in [9.17, 15) is 9.18 Å². The number of rotatable bonds is 2. The monoisotopic (exact) mass is 265 g/mol. The van der Waals surface area contributed by atoms with E-state index in [-0.39, 0.29) is 15.8 Å². The molecule has 14 heavy (non-hydrogen) atoms. The van der Waals surface area contributed by atoms with Crippen molar-refractivity contribution in [1.82, 2.24) is 0 Å². The Morgan fingerprint density at radius 2 is 2.36 bits per heavy atom. The molecule has 0 amide bonds. The molecular weight excluding hydrogens is 255 g/mol. The van der Waals surface area contributed by atoms with Gasteiger partial charge in [-0.25, -0.2) is 9.18 Å². The minimum Gasteiger partial charge on any atom is -0.496 e. The van der Waals surface area contributed by atoms with Crippen LogP contribution in [0.15, 0.2) is 16.6 Å². The molecule has 76 valence electrons. The molecule has 1 rings (SSSR count). The third kappa shape index (κ3) is 2.04. The second-order valence-electron chi connectivity index (χ2n) is 2.36. The maximum atomic E-state index is 13.2. The molecule has 0 atom stereocenters. The van der Waals surface area contributed by atoms with E-state index in [1.807, 2.05) is 0 Å². The van der Waals surface area contributed by atoms with Crippen molar-refractivity contribution in [2.45, 2.75) is 0 Å². The third-order valence-electron chi connectivity index (χ3n) is 1.54. The van der Waals surface area contributed by atoms with E-state index >= 15 is 0 Å². The minimum absolute atomic E-state index is 0.00981. The normalized spacial score (nSPS) is 13.8. The molecule has 0 spiro atoms. The van der Waals surface area contributed by atoms with Gasteiger partial charge in [-0.1, -0.05) is 0 Å². The molecule has 1 aromatic carbocycles. The van der Waals surface area contributed by atoms with Crippen LogP contribution in [0.4, 0.5) is 4.39 Å². The van der Waals surface area contributed by atoms with E-state index in [1.54, 1.807) is 0 Å². The number of benzene rings is 1. The van der Waals surface area contributed by atoms with Crippen molar-refractivity contribution in [2.24, 2.45) is 0 Å². The van der Waals surface area contributed by atoms with E-state index in [0.29, 0.717) is 0 Å². The fraction of sp³-hybridized carbons (Fsp3) is 0.222. The molecule has 0 fully saturated rings. The number of hydrogen-bond acceptors (Lipinski definition) is 3. The van der Waals surface area contributed by atoms with Gasteiger partial charge in [-0.3, -0.25) is 0 Å². The molecule has 0 heterocycles. The Kier molecular flexibility index (Phi) is 2.28. The van der Waals surface area contributed by atoms with Gasteiger partial charge in [0.1, 0.15) is 17.1 Å². The Labute approximate surface area is 93.2 Å². The smallest absolute Gasteiger partial charge is 0.341 e. The highest BCUT2D eigenvalue weighted by atomic mass is 79.9. The van der Waals surface area contributed by atoms with Crippen LogP contribution in [0, 0.1) is 5.82 Å². The Hall–Kier alpha value is -1.10. The maximum Gasteiger partial charge on any atom is 0.341 e. The van der Waals surface area contributed by atoms with Crippen molar-refractivity contribution in [3.63, 3.8) is 0 Å². The Morgan fingerprint density at radius 1 is 1.64 bits per heavy atom. The van der Waals surface area contributed by atoms with Gasteiger partial charge in [0.15, 0.2) is 0 Å². The van der Waals surface area contributed by atoms with Gasteiger partial charge < -0.3 is 9.47 Å². The Bertz CT molecular complexity index is 448. The van der Waals surface area contributed by atoms with Gasteiger partial charge in [-0.15, -0.1) is 0 Å². The summed E-state index contributed by atoms with van der Waals surface area (Å²) >= 11 is 2.87.